The van der Waals surface area contributed by atoms with E-state index in [-0.39, 0.29) is 5.75 Å². The van der Waals surface area contributed by atoms with Crippen LogP contribution < -0.4 is 5.32 Å². The van der Waals surface area contributed by atoms with Crippen molar-refractivity contribution >= 4 is 32.1 Å². The van der Waals surface area contributed by atoms with Crippen molar-refractivity contribution in [2.24, 2.45) is 0 Å². The van der Waals surface area contributed by atoms with Crippen molar-refractivity contribution in [1.29, 1.82) is 4.78 Å². The predicted molar refractivity (Wildman–Crippen MR) is 90.7 cm³/mol. The Labute approximate surface area is 134 Å². The lowest BCUT2D eigenvalue weighted by molar-refractivity contribution is 0.475. The Morgan fingerprint density at radius 3 is 2.70 bits per heavy atom. The third-order valence-electron chi connectivity index (χ3n) is 3.53. The lowest BCUT2D eigenvalue weighted by atomic mass is 10.1. The molecule has 23 heavy (non-hydrogen) atoms. The average molecular weight is 328 g/mol. The van der Waals surface area contributed by atoms with Gasteiger partial charge in [0.2, 0.25) is 0 Å². The lowest BCUT2D eigenvalue weighted by Crippen LogP contribution is -2.00. The summed E-state index contributed by atoms with van der Waals surface area (Å²) in [5.41, 5.74) is 2.36. The van der Waals surface area contributed by atoms with Gasteiger partial charge in [-0.15, -0.1) is 0 Å². The van der Waals surface area contributed by atoms with Crippen LogP contribution >= 0.6 is 0 Å². The van der Waals surface area contributed by atoms with E-state index in [0.29, 0.717) is 21.6 Å². The van der Waals surface area contributed by atoms with Crippen molar-refractivity contribution in [3.8, 4) is 5.75 Å². The Kier molecular flexibility index (Phi) is 3.65. The molecule has 0 spiro atoms. The molecule has 0 saturated heterocycles. The van der Waals surface area contributed by atoms with E-state index in [4.69, 9.17) is 4.78 Å². The summed E-state index contributed by atoms with van der Waals surface area (Å²) in [6, 6.07) is 10.1. The molecule has 2 aromatic carbocycles. The molecule has 0 amide bonds. The number of benzene rings is 2. The standard InChI is InChI=1S/C16H16N4O2S/c1-10-3-4-11(21)7-15(10)20-16-13-8-12(23(2,17)22)5-6-14(13)18-9-19-16/h3-9,17,21H,1-2H3,(H,18,19,20). The monoisotopic (exact) mass is 328 g/mol. The third-order valence-corrected chi connectivity index (χ3v) is 4.68. The van der Waals surface area contributed by atoms with E-state index >= 15 is 0 Å². The number of aromatic hydroxyl groups is 1. The summed E-state index contributed by atoms with van der Waals surface area (Å²) >= 11 is 0. The maximum Gasteiger partial charge on any atom is 0.141 e. The Morgan fingerprint density at radius 1 is 1.17 bits per heavy atom. The molecule has 0 aliphatic heterocycles. The van der Waals surface area contributed by atoms with Crippen LogP contribution in [0.3, 0.4) is 0 Å². The second-order valence-corrected chi connectivity index (χ2v) is 7.53. The van der Waals surface area contributed by atoms with Crippen LogP contribution in [-0.4, -0.2) is 25.5 Å². The number of rotatable bonds is 3. The normalized spacial score (nSPS) is 13.7. The Bertz CT molecular complexity index is 1000. The van der Waals surface area contributed by atoms with Crippen molar-refractivity contribution in [3.05, 3.63) is 48.3 Å². The smallest absolute Gasteiger partial charge is 0.141 e. The number of phenols is 1. The van der Waals surface area contributed by atoms with Crippen LogP contribution in [-0.2, 0) is 9.73 Å². The first kappa shape index (κ1) is 15.2. The molecule has 1 heterocycles. The number of hydrogen-bond donors (Lipinski definition) is 3. The maximum absolute atomic E-state index is 12.0. The zero-order valence-corrected chi connectivity index (χ0v) is 13.5. The first-order chi connectivity index (χ1) is 10.8. The summed E-state index contributed by atoms with van der Waals surface area (Å²) in [6.45, 7) is 1.92. The van der Waals surface area contributed by atoms with Crippen LogP contribution in [0.5, 0.6) is 5.75 Å². The third kappa shape index (κ3) is 3.09. The van der Waals surface area contributed by atoms with E-state index in [1.165, 1.54) is 12.6 Å². The van der Waals surface area contributed by atoms with Gasteiger partial charge in [0.1, 0.15) is 17.9 Å². The molecule has 3 aromatic rings. The van der Waals surface area contributed by atoms with Gasteiger partial charge in [-0.05, 0) is 36.8 Å². The molecule has 1 atom stereocenters. The van der Waals surface area contributed by atoms with E-state index in [0.717, 1.165) is 11.3 Å². The van der Waals surface area contributed by atoms with Gasteiger partial charge in [-0.2, -0.15) is 0 Å². The minimum atomic E-state index is -2.82. The van der Waals surface area contributed by atoms with E-state index < -0.39 is 9.73 Å². The Balaban J connectivity index is 2.15. The number of fused-ring (bicyclic) bond motifs is 1. The topological polar surface area (TPSA) is 99.0 Å². The number of phenolic OH excluding ortho intramolecular Hbond substituents is 1. The molecule has 0 fully saturated rings. The first-order valence-corrected chi connectivity index (χ1v) is 8.86. The van der Waals surface area contributed by atoms with Gasteiger partial charge in [0, 0.05) is 28.3 Å². The fourth-order valence-electron chi connectivity index (χ4n) is 2.25. The number of nitrogens with one attached hydrogen (secondary N) is 2. The molecule has 0 saturated carbocycles. The van der Waals surface area contributed by atoms with Gasteiger partial charge in [0.05, 0.1) is 15.2 Å². The Morgan fingerprint density at radius 2 is 1.96 bits per heavy atom. The van der Waals surface area contributed by atoms with Crippen LogP contribution in [0.1, 0.15) is 5.56 Å². The number of nitrogens with zero attached hydrogens (tertiary/aromatic N) is 2. The molecule has 3 rings (SSSR count). The second kappa shape index (κ2) is 5.51. The van der Waals surface area contributed by atoms with Gasteiger partial charge in [0.15, 0.2) is 0 Å². The molecular formula is C16H16N4O2S. The molecule has 6 nitrogen and oxygen atoms in total. The van der Waals surface area contributed by atoms with Crippen molar-refractivity contribution in [2.45, 2.75) is 11.8 Å². The molecular weight excluding hydrogens is 312 g/mol. The largest absolute Gasteiger partial charge is 0.508 e. The van der Waals surface area contributed by atoms with Crippen molar-refractivity contribution in [3.63, 3.8) is 0 Å². The highest BCUT2D eigenvalue weighted by Gasteiger charge is 2.10. The second-order valence-electron chi connectivity index (χ2n) is 5.37. The van der Waals surface area contributed by atoms with Gasteiger partial charge in [-0.1, -0.05) is 6.07 Å². The van der Waals surface area contributed by atoms with Crippen LogP contribution in [0.15, 0.2) is 47.6 Å². The molecule has 0 bridgehead atoms. The number of hydrogen-bond acceptors (Lipinski definition) is 6. The van der Waals surface area contributed by atoms with E-state index in [2.05, 4.69) is 15.3 Å². The van der Waals surface area contributed by atoms with Gasteiger partial charge < -0.3 is 10.4 Å². The van der Waals surface area contributed by atoms with E-state index in [1.54, 1.807) is 36.4 Å². The minimum Gasteiger partial charge on any atom is -0.508 e. The van der Waals surface area contributed by atoms with Gasteiger partial charge in [-0.3, -0.25) is 0 Å². The fraction of sp³-hybridized carbons (Fsp3) is 0.125. The highest BCUT2D eigenvalue weighted by Crippen LogP contribution is 2.28. The lowest BCUT2D eigenvalue weighted by Gasteiger charge is -2.12. The molecule has 0 aliphatic rings. The number of anilines is 2. The molecule has 118 valence electrons. The summed E-state index contributed by atoms with van der Waals surface area (Å²) in [5, 5.41) is 13.5. The van der Waals surface area contributed by atoms with E-state index in [9.17, 15) is 9.32 Å². The molecule has 7 heteroatoms. The molecule has 1 unspecified atom stereocenters. The van der Waals surface area contributed by atoms with Crippen LogP contribution in [0, 0.1) is 11.7 Å². The SMILES string of the molecule is Cc1ccc(O)cc1Nc1ncnc2ccc(S(C)(=N)=O)cc12. The molecule has 1 aromatic heterocycles. The summed E-state index contributed by atoms with van der Waals surface area (Å²) in [4.78, 5) is 8.86. The summed E-state index contributed by atoms with van der Waals surface area (Å²) in [5.74, 6) is 0.689. The van der Waals surface area contributed by atoms with Crippen molar-refractivity contribution in [1.82, 2.24) is 9.97 Å². The highest BCUT2D eigenvalue weighted by atomic mass is 32.2. The first-order valence-electron chi connectivity index (χ1n) is 6.90. The molecule has 0 aliphatic carbocycles. The molecule has 0 radical (unpaired) electrons. The number of aryl methyl sites for hydroxylation is 1. The van der Waals surface area contributed by atoms with Gasteiger partial charge in [-0.25, -0.2) is 19.0 Å². The van der Waals surface area contributed by atoms with Crippen LogP contribution in [0.2, 0.25) is 0 Å². The minimum absolute atomic E-state index is 0.153. The maximum atomic E-state index is 12.0. The summed E-state index contributed by atoms with van der Waals surface area (Å²) < 4.78 is 19.7. The highest BCUT2D eigenvalue weighted by molar-refractivity contribution is 7.91. The molecule has 3 N–H and O–H groups in total. The predicted octanol–water partition coefficient (Wildman–Crippen LogP) is 3.42. The van der Waals surface area contributed by atoms with Gasteiger partial charge in [0.25, 0.3) is 0 Å². The van der Waals surface area contributed by atoms with Crippen LogP contribution in [0.25, 0.3) is 10.9 Å². The summed E-state index contributed by atoms with van der Waals surface area (Å²) in [6.07, 6.45) is 2.82. The Hall–Kier alpha value is -2.67. The average Bonchev–Trinajstić information content (AvgIpc) is 2.50. The van der Waals surface area contributed by atoms with Crippen molar-refractivity contribution in [2.75, 3.05) is 11.6 Å². The van der Waals surface area contributed by atoms with Crippen molar-refractivity contribution < 1.29 is 9.32 Å². The van der Waals surface area contributed by atoms with E-state index in [1.807, 2.05) is 6.92 Å². The van der Waals surface area contributed by atoms with Crippen LogP contribution in [0.4, 0.5) is 11.5 Å². The van der Waals surface area contributed by atoms with Gasteiger partial charge >= 0.3 is 0 Å². The number of aromatic nitrogens is 2. The quantitative estimate of drug-likeness (QED) is 0.684. The fourth-order valence-corrected chi connectivity index (χ4v) is 2.92. The zero-order valence-electron chi connectivity index (χ0n) is 12.7. The zero-order chi connectivity index (χ0) is 16.6. The summed E-state index contributed by atoms with van der Waals surface area (Å²) in [7, 11) is -2.82.